The molecule has 0 aliphatic heterocycles. The van der Waals surface area contributed by atoms with Crippen LogP contribution in [0.1, 0.15) is 11.1 Å². The number of pyridine rings is 1. The Balaban J connectivity index is 1.78. The van der Waals surface area contributed by atoms with Gasteiger partial charge in [0, 0.05) is 6.20 Å². The fraction of sp³-hybridized carbons (Fsp3) is 0.0625. The van der Waals surface area contributed by atoms with Gasteiger partial charge in [0.15, 0.2) is 0 Å². The number of nitrogens with zero attached hydrogens (tertiary/aromatic N) is 4. The number of rotatable bonds is 4. The van der Waals surface area contributed by atoms with Crippen LogP contribution in [0.3, 0.4) is 0 Å². The molecule has 0 unspecified atom stereocenters. The van der Waals surface area contributed by atoms with Crippen molar-refractivity contribution in [2.45, 2.75) is 6.54 Å². The van der Waals surface area contributed by atoms with Crippen LogP contribution in [0.5, 0.6) is 0 Å². The van der Waals surface area contributed by atoms with Crippen molar-refractivity contribution in [1.29, 1.82) is 0 Å². The van der Waals surface area contributed by atoms with Gasteiger partial charge in [0.2, 0.25) is 0 Å². The second kappa shape index (κ2) is 5.48. The topological polar surface area (TPSA) is 43.6 Å². The molecule has 3 aromatic rings. The lowest BCUT2D eigenvalue weighted by molar-refractivity contribution is 0.650. The highest BCUT2D eigenvalue weighted by molar-refractivity contribution is 5.51. The number of benzene rings is 1. The van der Waals surface area contributed by atoms with E-state index < -0.39 is 0 Å². The average molecular weight is 262 g/mol. The van der Waals surface area contributed by atoms with Crippen molar-refractivity contribution in [3.05, 3.63) is 72.6 Å². The van der Waals surface area contributed by atoms with Gasteiger partial charge in [0.1, 0.15) is 5.69 Å². The molecule has 2 heterocycles. The highest BCUT2D eigenvalue weighted by atomic mass is 15.4. The van der Waals surface area contributed by atoms with Gasteiger partial charge in [-0.2, -0.15) is 0 Å². The molecular weight excluding hydrogens is 248 g/mol. The molecule has 0 atom stereocenters. The van der Waals surface area contributed by atoms with Crippen LogP contribution in [-0.4, -0.2) is 20.0 Å². The summed E-state index contributed by atoms with van der Waals surface area (Å²) in [5, 5.41) is 8.29. The maximum absolute atomic E-state index is 4.27. The average Bonchev–Trinajstić information content (AvgIpc) is 2.97. The normalized spacial score (nSPS) is 10.4. The first-order chi connectivity index (χ1) is 9.85. The Morgan fingerprint density at radius 3 is 2.60 bits per heavy atom. The van der Waals surface area contributed by atoms with E-state index in [0.29, 0.717) is 6.54 Å². The molecule has 0 fully saturated rings. The van der Waals surface area contributed by atoms with Gasteiger partial charge in [-0.25, -0.2) is 4.68 Å². The molecule has 0 amide bonds. The number of hydrogen-bond acceptors (Lipinski definition) is 3. The summed E-state index contributed by atoms with van der Waals surface area (Å²) in [6.07, 6.45) is 5.49. The third-order valence-electron chi connectivity index (χ3n) is 3.03. The Kier molecular flexibility index (Phi) is 3.37. The van der Waals surface area contributed by atoms with Gasteiger partial charge < -0.3 is 0 Å². The van der Waals surface area contributed by atoms with Crippen LogP contribution < -0.4 is 0 Å². The van der Waals surface area contributed by atoms with Crippen molar-refractivity contribution in [2.75, 3.05) is 0 Å². The third kappa shape index (κ3) is 2.64. The van der Waals surface area contributed by atoms with Gasteiger partial charge in [-0.15, -0.1) is 5.10 Å². The maximum atomic E-state index is 4.27. The molecule has 0 bridgehead atoms. The second-order valence-electron chi connectivity index (χ2n) is 4.46. The molecule has 0 N–H and O–H groups in total. The summed E-state index contributed by atoms with van der Waals surface area (Å²) in [7, 11) is 0. The smallest absolute Gasteiger partial charge is 0.131 e. The van der Waals surface area contributed by atoms with E-state index in [2.05, 4.69) is 34.0 Å². The largest absolute Gasteiger partial charge is 0.254 e. The van der Waals surface area contributed by atoms with Crippen LogP contribution in [0.2, 0.25) is 0 Å². The van der Waals surface area contributed by atoms with Crippen LogP contribution >= 0.6 is 0 Å². The van der Waals surface area contributed by atoms with Gasteiger partial charge in [0.05, 0.1) is 18.4 Å². The molecule has 0 aliphatic rings. The Hall–Kier alpha value is -2.75. The molecular formula is C16H14N4. The Labute approximate surface area is 117 Å². The molecule has 0 aliphatic carbocycles. The number of aromatic nitrogens is 4. The van der Waals surface area contributed by atoms with Crippen molar-refractivity contribution < 1.29 is 0 Å². The molecule has 0 saturated heterocycles. The molecule has 4 heteroatoms. The van der Waals surface area contributed by atoms with Crippen LogP contribution in [0, 0.1) is 0 Å². The van der Waals surface area contributed by atoms with E-state index in [1.807, 2.05) is 47.3 Å². The molecule has 20 heavy (non-hydrogen) atoms. The van der Waals surface area contributed by atoms with Crippen molar-refractivity contribution in [3.63, 3.8) is 0 Å². The predicted molar refractivity (Wildman–Crippen MR) is 78.9 cm³/mol. The van der Waals surface area contributed by atoms with E-state index in [1.54, 1.807) is 6.20 Å². The summed E-state index contributed by atoms with van der Waals surface area (Å²) < 4.78 is 1.81. The van der Waals surface area contributed by atoms with Crippen molar-refractivity contribution in [2.24, 2.45) is 0 Å². The molecule has 0 radical (unpaired) electrons. The number of hydrogen-bond donors (Lipinski definition) is 0. The van der Waals surface area contributed by atoms with Crippen molar-refractivity contribution >= 4 is 6.08 Å². The summed E-state index contributed by atoms with van der Waals surface area (Å²) in [6.45, 7) is 4.44. The Morgan fingerprint density at radius 1 is 1.05 bits per heavy atom. The van der Waals surface area contributed by atoms with Crippen LogP contribution in [0.15, 0.2) is 61.4 Å². The molecule has 4 nitrogen and oxygen atoms in total. The van der Waals surface area contributed by atoms with Gasteiger partial charge >= 0.3 is 0 Å². The maximum Gasteiger partial charge on any atom is 0.131 e. The summed E-state index contributed by atoms with van der Waals surface area (Å²) >= 11 is 0. The summed E-state index contributed by atoms with van der Waals surface area (Å²) in [4.78, 5) is 4.27. The summed E-state index contributed by atoms with van der Waals surface area (Å²) in [6, 6.07) is 14.0. The lowest BCUT2D eigenvalue weighted by Crippen LogP contribution is -2.00. The molecule has 3 rings (SSSR count). The van der Waals surface area contributed by atoms with E-state index in [9.17, 15) is 0 Å². The fourth-order valence-electron chi connectivity index (χ4n) is 1.95. The van der Waals surface area contributed by atoms with E-state index in [0.717, 1.165) is 17.0 Å². The third-order valence-corrected chi connectivity index (χ3v) is 3.03. The molecule has 2 aromatic heterocycles. The lowest BCUT2D eigenvalue weighted by atomic mass is 10.1. The highest BCUT2D eigenvalue weighted by Gasteiger charge is 2.04. The predicted octanol–water partition coefficient (Wildman–Crippen LogP) is 3.03. The zero-order valence-corrected chi connectivity index (χ0v) is 11.0. The first kappa shape index (κ1) is 12.3. The second-order valence-corrected chi connectivity index (χ2v) is 4.46. The minimum Gasteiger partial charge on any atom is -0.254 e. The minimum atomic E-state index is 0.692. The Morgan fingerprint density at radius 2 is 1.90 bits per heavy atom. The van der Waals surface area contributed by atoms with E-state index >= 15 is 0 Å². The quantitative estimate of drug-likeness (QED) is 0.726. The van der Waals surface area contributed by atoms with Crippen LogP contribution in [0.4, 0.5) is 0 Å². The van der Waals surface area contributed by atoms with Crippen molar-refractivity contribution in [1.82, 2.24) is 20.0 Å². The molecule has 0 spiro atoms. The summed E-state index contributed by atoms with van der Waals surface area (Å²) in [5.41, 5.74) is 3.91. The highest BCUT2D eigenvalue weighted by Crippen LogP contribution is 2.13. The molecule has 0 saturated carbocycles. The van der Waals surface area contributed by atoms with Gasteiger partial charge in [-0.05, 0) is 23.3 Å². The standard InChI is InChI=1S/C16H14N4/c1-2-13-6-8-14(9-7-13)11-20-12-16(18-19-20)15-5-3-4-10-17-15/h2-10,12H,1,11H2. The van der Waals surface area contributed by atoms with Gasteiger partial charge in [-0.1, -0.05) is 48.2 Å². The monoisotopic (exact) mass is 262 g/mol. The van der Waals surface area contributed by atoms with Gasteiger partial charge in [0.25, 0.3) is 0 Å². The lowest BCUT2D eigenvalue weighted by Gasteiger charge is -2.01. The van der Waals surface area contributed by atoms with Gasteiger partial charge in [-0.3, -0.25) is 4.98 Å². The summed E-state index contributed by atoms with van der Waals surface area (Å²) in [5.74, 6) is 0. The molecule has 98 valence electrons. The molecule has 1 aromatic carbocycles. The minimum absolute atomic E-state index is 0.692. The fourth-order valence-corrected chi connectivity index (χ4v) is 1.95. The van der Waals surface area contributed by atoms with Crippen LogP contribution in [0.25, 0.3) is 17.5 Å². The van der Waals surface area contributed by atoms with E-state index in [-0.39, 0.29) is 0 Å². The first-order valence-electron chi connectivity index (χ1n) is 6.38. The van der Waals surface area contributed by atoms with Crippen molar-refractivity contribution in [3.8, 4) is 11.4 Å². The first-order valence-corrected chi connectivity index (χ1v) is 6.38. The van der Waals surface area contributed by atoms with E-state index in [1.165, 1.54) is 5.56 Å². The Bertz CT molecular complexity index is 699. The van der Waals surface area contributed by atoms with E-state index in [4.69, 9.17) is 0 Å². The van der Waals surface area contributed by atoms with Crippen LogP contribution in [-0.2, 0) is 6.54 Å². The zero-order valence-electron chi connectivity index (χ0n) is 11.0. The zero-order chi connectivity index (χ0) is 13.8. The SMILES string of the molecule is C=Cc1ccc(Cn2cc(-c3ccccn3)nn2)cc1.